The molecule has 2 amide bonds. The van der Waals surface area contributed by atoms with Crippen LogP contribution in [0.1, 0.15) is 27.1 Å². The molecule has 1 unspecified atom stereocenters. The van der Waals surface area contributed by atoms with Gasteiger partial charge in [0.2, 0.25) is 4.90 Å². The number of hydrogen-bond donors (Lipinski definition) is 3. The summed E-state index contributed by atoms with van der Waals surface area (Å²) in [4.78, 5) is 27.6. The molecule has 1 saturated heterocycles. The van der Waals surface area contributed by atoms with Gasteiger partial charge in [-0.25, -0.2) is 4.72 Å². The summed E-state index contributed by atoms with van der Waals surface area (Å²) < 4.78 is 27.3. The summed E-state index contributed by atoms with van der Waals surface area (Å²) >= 11 is -1.64. The van der Waals surface area contributed by atoms with Gasteiger partial charge in [-0.15, -0.1) is 0 Å². The molecular weight excluding hydrogens is 564 g/mol. The molecule has 5 rings (SSSR count). The van der Waals surface area contributed by atoms with Crippen molar-refractivity contribution in [2.75, 3.05) is 50.4 Å². The number of amides is 2. The van der Waals surface area contributed by atoms with Crippen molar-refractivity contribution in [3.63, 3.8) is 0 Å². The molecule has 222 valence electrons. The zero-order valence-electron chi connectivity index (χ0n) is 24.1. The minimum Gasteiger partial charge on any atom is -0.588 e. The van der Waals surface area contributed by atoms with E-state index in [1.54, 1.807) is 31.4 Å². The van der Waals surface area contributed by atoms with Crippen molar-refractivity contribution in [3.05, 3.63) is 102 Å². The maximum atomic E-state index is 13.5. The molecule has 0 aromatic heterocycles. The first-order valence-electron chi connectivity index (χ1n) is 14.0. The molecular formula is C33H34N4O5S. The second-order valence-corrected chi connectivity index (χ2v) is 11.1. The van der Waals surface area contributed by atoms with Crippen LogP contribution in [0.4, 0.5) is 11.4 Å². The van der Waals surface area contributed by atoms with Gasteiger partial charge in [0.05, 0.1) is 25.5 Å². The van der Waals surface area contributed by atoms with Gasteiger partial charge in [0, 0.05) is 43.5 Å². The highest BCUT2D eigenvalue weighted by Gasteiger charge is 2.23. The van der Waals surface area contributed by atoms with Crippen molar-refractivity contribution < 1.29 is 23.6 Å². The topological polar surface area (TPSA) is 115 Å². The number of hydrogen-bond acceptors (Lipinski definition) is 7. The normalized spacial score (nSPS) is 13.0. The van der Waals surface area contributed by atoms with Crippen LogP contribution in [0.25, 0.3) is 11.1 Å². The standard InChI is InChI=1S/C33H34N4O5S/c1-41-29-13-4-3-12-28(29)32(38)35-17-16-34-26-10-6-11-27(22-26)36-43(40)31-21-24(14-15-30(31)42-2)23-8-5-9-25(20-23)33(39)37-18-7-19-37/h3-6,8-15,20-22,34,36H,7,16-19H2,1-2H3,(H,35,38). The smallest absolute Gasteiger partial charge is 0.255 e. The van der Waals surface area contributed by atoms with E-state index >= 15 is 0 Å². The summed E-state index contributed by atoms with van der Waals surface area (Å²) in [7, 11) is 3.07. The van der Waals surface area contributed by atoms with Crippen LogP contribution in [-0.4, -0.2) is 61.7 Å². The molecule has 1 fully saturated rings. The Morgan fingerprint density at radius 1 is 0.814 bits per heavy atom. The van der Waals surface area contributed by atoms with Gasteiger partial charge >= 0.3 is 0 Å². The van der Waals surface area contributed by atoms with E-state index in [4.69, 9.17) is 9.47 Å². The quantitative estimate of drug-likeness (QED) is 0.152. The molecule has 0 aliphatic carbocycles. The van der Waals surface area contributed by atoms with Gasteiger partial charge in [0.15, 0.2) is 5.75 Å². The Labute approximate surface area is 254 Å². The van der Waals surface area contributed by atoms with Crippen molar-refractivity contribution >= 4 is 34.6 Å². The van der Waals surface area contributed by atoms with Gasteiger partial charge in [-0.2, -0.15) is 0 Å². The first kappa shape index (κ1) is 29.8. The van der Waals surface area contributed by atoms with Crippen LogP contribution in [-0.2, 0) is 11.4 Å². The van der Waals surface area contributed by atoms with Crippen molar-refractivity contribution in [3.8, 4) is 22.6 Å². The Balaban J connectivity index is 1.22. The lowest BCUT2D eigenvalue weighted by molar-refractivity contribution is 0.0651. The SMILES string of the molecule is COc1ccccc1C(=O)NCCNc1cccc(N[S+]([O-])c2cc(-c3cccc(C(=O)N4CCC4)c3)ccc2OC)c1. The average molecular weight is 599 g/mol. The minimum absolute atomic E-state index is 0.0272. The summed E-state index contributed by atoms with van der Waals surface area (Å²) in [6, 6.07) is 27.5. The predicted octanol–water partition coefficient (Wildman–Crippen LogP) is 5.19. The Morgan fingerprint density at radius 3 is 2.33 bits per heavy atom. The van der Waals surface area contributed by atoms with Crippen LogP contribution in [0.3, 0.4) is 0 Å². The molecule has 1 atom stereocenters. The van der Waals surface area contributed by atoms with Crippen molar-refractivity contribution in [2.45, 2.75) is 11.3 Å². The number of benzene rings is 4. The molecule has 0 radical (unpaired) electrons. The van der Waals surface area contributed by atoms with Crippen LogP contribution in [0.15, 0.2) is 95.9 Å². The van der Waals surface area contributed by atoms with E-state index in [2.05, 4.69) is 15.4 Å². The Hall–Kier alpha value is -4.67. The maximum Gasteiger partial charge on any atom is 0.255 e. The van der Waals surface area contributed by atoms with Crippen LogP contribution in [0, 0.1) is 0 Å². The second-order valence-electron chi connectivity index (χ2n) is 9.93. The summed E-state index contributed by atoms with van der Waals surface area (Å²) in [5.41, 5.74) is 4.25. The number of likely N-dealkylation sites (tertiary alicyclic amines) is 1. The van der Waals surface area contributed by atoms with E-state index in [0.29, 0.717) is 46.3 Å². The lowest BCUT2D eigenvalue weighted by Crippen LogP contribution is -2.41. The van der Waals surface area contributed by atoms with E-state index in [1.807, 2.05) is 71.6 Å². The highest BCUT2D eigenvalue weighted by Crippen LogP contribution is 2.32. The third-order valence-corrected chi connectivity index (χ3v) is 8.25. The number of anilines is 2. The van der Waals surface area contributed by atoms with Gasteiger partial charge in [-0.05, 0) is 66.1 Å². The van der Waals surface area contributed by atoms with Crippen LogP contribution in [0.2, 0.25) is 0 Å². The lowest BCUT2D eigenvalue weighted by atomic mass is 10.0. The van der Waals surface area contributed by atoms with E-state index in [9.17, 15) is 14.1 Å². The number of carbonyl (C=O) groups is 2. The van der Waals surface area contributed by atoms with Gasteiger partial charge in [-0.3, -0.25) is 9.59 Å². The maximum absolute atomic E-state index is 13.5. The van der Waals surface area contributed by atoms with E-state index in [0.717, 1.165) is 36.3 Å². The molecule has 0 bridgehead atoms. The number of nitrogens with one attached hydrogen (secondary N) is 3. The lowest BCUT2D eigenvalue weighted by Gasteiger charge is -2.31. The number of para-hydroxylation sites is 1. The van der Waals surface area contributed by atoms with Gasteiger partial charge in [-0.1, -0.05) is 36.4 Å². The highest BCUT2D eigenvalue weighted by molar-refractivity contribution is 7.92. The number of rotatable bonds is 12. The summed E-state index contributed by atoms with van der Waals surface area (Å²) in [5, 5.41) is 6.16. The number of nitrogens with zero attached hydrogens (tertiary/aromatic N) is 1. The third kappa shape index (κ3) is 7.22. The van der Waals surface area contributed by atoms with E-state index in [-0.39, 0.29) is 11.8 Å². The first-order chi connectivity index (χ1) is 21.0. The van der Waals surface area contributed by atoms with Crippen LogP contribution >= 0.6 is 0 Å². The van der Waals surface area contributed by atoms with Gasteiger partial charge in [0.25, 0.3) is 11.8 Å². The monoisotopic (exact) mass is 598 g/mol. The van der Waals surface area contributed by atoms with Crippen LogP contribution < -0.4 is 24.8 Å². The molecule has 9 nitrogen and oxygen atoms in total. The van der Waals surface area contributed by atoms with Gasteiger partial charge < -0.3 is 29.6 Å². The van der Waals surface area contributed by atoms with Gasteiger partial charge in [0.1, 0.15) is 17.1 Å². The van der Waals surface area contributed by atoms with Crippen molar-refractivity contribution in [2.24, 2.45) is 0 Å². The predicted molar refractivity (Wildman–Crippen MR) is 169 cm³/mol. The molecule has 1 aliphatic heterocycles. The zero-order chi connectivity index (χ0) is 30.2. The molecule has 43 heavy (non-hydrogen) atoms. The molecule has 4 aromatic rings. The highest BCUT2D eigenvalue weighted by atomic mass is 32.2. The van der Waals surface area contributed by atoms with E-state index < -0.39 is 11.4 Å². The molecule has 4 aromatic carbocycles. The fraction of sp³-hybridized carbons (Fsp3) is 0.212. The molecule has 0 saturated carbocycles. The number of carbonyl (C=O) groups excluding carboxylic acids is 2. The molecule has 1 aliphatic rings. The molecule has 1 heterocycles. The second kappa shape index (κ2) is 14.0. The summed E-state index contributed by atoms with van der Waals surface area (Å²) in [6.07, 6.45) is 1.04. The molecule has 0 spiro atoms. The first-order valence-corrected chi connectivity index (χ1v) is 15.1. The fourth-order valence-electron chi connectivity index (χ4n) is 4.70. The Bertz CT molecular complexity index is 1590. The largest absolute Gasteiger partial charge is 0.588 e. The molecule has 10 heteroatoms. The summed E-state index contributed by atoms with van der Waals surface area (Å²) in [6.45, 7) is 2.47. The third-order valence-electron chi connectivity index (χ3n) is 7.11. The Morgan fingerprint density at radius 2 is 1.56 bits per heavy atom. The van der Waals surface area contributed by atoms with Crippen LogP contribution in [0.5, 0.6) is 11.5 Å². The van der Waals surface area contributed by atoms with E-state index in [1.165, 1.54) is 7.11 Å². The van der Waals surface area contributed by atoms with Crippen molar-refractivity contribution in [1.82, 2.24) is 10.2 Å². The Kier molecular flexibility index (Phi) is 9.70. The fourth-order valence-corrected chi connectivity index (χ4v) is 5.72. The minimum atomic E-state index is -1.64. The number of ether oxygens (including phenoxy) is 2. The zero-order valence-corrected chi connectivity index (χ0v) is 24.9. The summed E-state index contributed by atoms with van der Waals surface area (Å²) in [5.74, 6) is 0.824. The van der Waals surface area contributed by atoms with Crippen molar-refractivity contribution in [1.29, 1.82) is 0 Å². The number of methoxy groups -OCH3 is 2. The average Bonchev–Trinajstić information content (AvgIpc) is 3.02. The molecule has 3 N–H and O–H groups in total.